The van der Waals surface area contributed by atoms with Gasteiger partial charge in [-0.3, -0.25) is 5.41 Å². The minimum absolute atomic E-state index is 0.160. The maximum Gasteiger partial charge on any atom is 0.154 e. The molecule has 23 heavy (non-hydrogen) atoms. The number of amidine groups is 2. The summed E-state index contributed by atoms with van der Waals surface area (Å²) in [4.78, 5) is 4.23. The zero-order chi connectivity index (χ0) is 16.1. The van der Waals surface area contributed by atoms with Crippen molar-refractivity contribution in [3.8, 4) is 11.1 Å². The number of nitrogens with one attached hydrogen (secondary N) is 1. The number of hydrogen-bond donors (Lipinski definition) is 2. The van der Waals surface area contributed by atoms with Crippen molar-refractivity contribution < 1.29 is 0 Å². The lowest BCUT2D eigenvalue weighted by molar-refractivity contribution is 1.40. The van der Waals surface area contributed by atoms with Gasteiger partial charge in [0, 0.05) is 11.1 Å². The average Bonchev–Trinajstić information content (AvgIpc) is 2.63. The summed E-state index contributed by atoms with van der Waals surface area (Å²) in [6.45, 7) is 0. The van der Waals surface area contributed by atoms with E-state index < -0.39 is 0 Å². The summed E-state index contributed by atoms with van der Waals surface area (Å²) >= 11 is 0. The van der Waals surface area contributed by atoms with Crippen LogP contribution in [0.2, 0.25) is 0 Å². The van der Waals surface area contributed by atoms with Crippen LogP contribution in [0, 0.1) is 5.41 Å². The maximum atomic E-state index is 8.06. The van der Waals surface area contributed by atoms with Gasteiger partial charge in [-0.15, -0.1) is 0 Å². The highest BCUT2D eigenvalue weighted by atomic mass is 14.9. The van der Waals surface area contributed by atoms with E-state index in [9.17, 15) is 0 Å². The van der Waals surface area contributed by atoms with Crippen molar-refractivity contribution in [3.63, 3.8) is 0 Å². The van der Waals surface area contributed by atoms with Crippen LogP contribution in [0.3, 0.4) is 0 Å². The molecule has 0 bridgehead atoms. The summed E-state index contributed by atoms with van der Waals surface area (Å²) in [7, 11) is 0. The highest BCUT2D eigenvalue weighted by Gasteiger charge is 2.04. The van der Waals surface area contributed by atoms with Gasteiger partial charge in [0.25, 0.3) is 0 Å². The lowest BCUT2D eigenvalue weighted by Gasteiger charge is -2.06. The Morgan fingerprint density at radius 2 is 1.26 bits per heavy atom. The summed E-state index contributed by atoms with van der Waals surface area (Å²) in [6, 6.07) is 27.4. The van der Waals surface area contributed by atoms with E-state index >= 15 is 0 Å². The van der Waals surface area contributed by atoms with E-state index in [0.29, 0.717) is 5.84 Å². The molecular formula is C20H17N3. The van der Waals surface area contributed by atoms with Crippen LogP contribution in [0.4, 0.5) is 0 Å². The first kappa shape index (κ1) is 14.7. The summed E-state index contributed by atoms with van der Waals surface area (Å²) < 4.78 is 0. The molecule has 0 saturated carbocycles. The first-order chi connectivity index (χ1) is 11.2. The number of nitrogens with two attached hydrogens (primary N) is 1. The van der Waals surface area contributed by atoms with Gasteiger partial charge < -0.3 is 5.73 Å². The minimum atomic E-state index is 0.160. The Hall–Kier alpha value is -3.20. The largest absolute Gasteiger partial charge is 0.383 e. The molecule has 0 unspecified atom stereocenters. The molecule has 0 aliphatic heterocycles. The summed E-state index contributed by atoms with van der Waals surface area (Å²) in [5.74, 6) is 0.504. The van der Waals surface area contributed by atoms with Crippen molar-refractivity contribution in [2.45, 2.75) is 0 Å². The van der Waals surface area contributed by atoms with Crippen LogP contribution in [-0.2, 0) is 0 Å². The van der Waals surface area contributed by atoms with Gasteiger partial charge in [0.1, 0.15) is 5.84 Å². The smallest absolute Gasteiger partial charge is 0.154 e. The van der Waals surface area contributed by atoms with E-state index in [1.807, 2.05) is 72.8 Å². The fourth-order valence-corrected chi connectivity index (χ4v) is 2.33. The predicted octanol–water partition coefficient (Wildman–Crippen LogP) is 4.08. The number of nitrogens with zero attached hydrogens (tertiary/aromatic N) is 1. The topological polar surface area (TPSA) is 62.2 Å². The van der Waals surface area contributed by atoms with Crippen LogP contribution in [0.15, 0.2) is 89.9 Å². The fourth-order valence-electron chi connectivity index (χ4n) is 2.33. The standard InChI is InChI=1S/C20H17N3/c21-19(16-10-5-2-6-11-16)23-20(22)18-13-7-12-17(14-18)15-8-3-1-4-9-15/h1-14H,(H3,21,22,23). The molecule has 3 aromatic carbocycles. The van der Waals surface area contributed by atoms with Gasteiger partial charge in [0.05, 0.1) is 0 Å². The van der Waals surface area contributed by atoms with Crippen molar-refractivity contribution in [1.82, 2.24) is 0 Å². The Kier molecular flexibility index (Phi) is 4.29. The van der Waals surface area contributed by atoms with E-state index in [0.717, 1.165) is 22.3 Å². The Bertz CT molecular complexity index is 837. The Balaban J connectivity index is 1.90. The second-order valence-corrected chi connectivity index (χ2v) is 5.16. The normalized spacial score (nSPS) is 11.2. The van der Waals surface area contributed by atoms with E-state index in [2.05, 4.69) is 17.1 Å². The van der Waals surface area contributed by atoms with E-state index in [1.165, 1.54) is 0 Å². The van der Waals surface area contributed by atoms with Gasteiger partial charge in [-0.2, -0.15) is 0 Å². The monoisotopic (exact) mass is 299 g/mol. The second kappa shape index (κ2) is 6.71. The molecule has 0 aliphatic rings. The maximum absolute atomic E-state index is 8.06. The van der Waals surface area contributed by atoms with E-state index in [4.69, 9.17) is 11.1 Å². The van der Waals surface area contributed by atoms with Gasteiger partial charge in [0.2, 0.25) is 0 Å². The highest BCUT2D eigenvalue weighted by molar-refractivity contribution is 6.10. The van der Waals surface area contributed by atoms with Crippen molar-refractivity contribution in [1.29, 1.82) is 5.41 Å². The first-order valence-electron chi connectivity index (χ1n) is 7.38. The molecule has 0 amide bonds. The SMILES string of the molecule is N=C(N=C(N)c1cccc(-c2ccccc2)c1)c1ccccc1. The third-order valence-corrected chi connectivity index (χ3v) is 3.54. The molecule has 3 nitrogen and oxygen atoms in total. The molecule has 0 spiro atoms. The highest BCUT2D eigenvalue weighted by Crippen LogP contribution is 2.20. The summed E-state index contributed by atoms with van der Waals surface area (Å²) in [6.07, 6.45) is 0. The zero-order valence-corrected chi connectivity index (χ0v) is 12.6. The number of rotatable bonds is 3. The molecule has 3 aromatic rings. The third kappa shape index (κ3) is 3.52. The molecule has 0 radical (unpaired) electrons. The van der Waals surface area contributed by atoms with Gasteiger partial charge in [-0.1, -0.05) is 78.9 Å². The van der Waals surface area contributed by atoms with Crippen molar-refractivity contribution in [2.75, 3.05) is 0 Å². The molecule has 3 rings (SSSR count). The molecular weight excluding hydrogens is 282 g/mol. The van der Waals surface area contributed by atoms with Gasteiger partial charge in [-0.25, -0.2) is 4.99 Å². The van der Waals surface area contributed by atoms with Crippen LogP contribution in [0.5, 0.6) is 0 Å². The van der Waals surface area contributed by atoms with Gasteiger partial charge >= 0.3 is 0 Å². The molecule has 0 aliphatic carbocycles. The van der Waals surface area contributed by atoms with Gasteiger partial charge in [-0.05, 0) is 17.2 Å². The van der Waals surface area contributed by atoms with Gasteiger partial charge in [0.15, 0.2) is 5.84 Å². The molecule has 3 heteroatoms. The molecule has 0 atom stereocenters. The lowest BCUT2D eigenvalue weighted by Crippen LogP contribution is -2.16. The number of benzene rings is 3. The second-order valence-electron chi connectivity index (χ2n) is 5.16. The van der Waals surface area contributed by atoms with E-state index in [1.54, 1.807) is 0 Å². The van der Waals surface area contributed by atoms with Crippen molar-refractivity contribution in [3.05, 3.63) is 96.1 Å². The van der Waals surface area contributed by atoms with Crippen molar-refractivity contribution >= 4 is 11.7 Å². The Morgan fingerprint density at radius 1 is 0.696 bits per heavy atom. The predicted molar refractivity (Wildman–Crippen MR) is 95.9 cm³/mol. The fraction of sp³-hybridized carbons (Fsp3) is 0. The molecule has 112 valence electrons. The molecule has 3 N–H and O–H groups in total. The first-order valence-corrected chi connectivity index (χ1v) is 7.38. The molecule has 0 heterocycles. The Morgan fingerprint density at radius 3 is 1.96 bits per heavy atom. The molecule has 0 saturated heterocycles. The van der Waals surface area contributed by atoms with Crippen LogP contribution in [0.25, 0.3) is 11.1 Å². The zero-order valence-electron chi connectivity index (χ0n) is 12.6. The van der Waals surface area contributed by atoms with Crippen molar-refractivity contribution in [2.24, 2.45) is 10.7 Å². The average molecular weight is 299 g/mol. The van der Waals surface area contributed by atoms with Crippen LogP contribution < -0.4 is 5.73 Å². The van der Waals surface area contributed by atoms with Crippen LogP contribution in [0.1, 0.15) is 11.1 Å². The third-order valence-electron chi connectivity index (χ3n) is 3.54. The summed E-state index contributed by atoms with van der Waals surface area (Å²) in [5.41, 5.74) is 9.85. The molecule has 0 fully saturated rings. The molecule has 0 aromatic heterocycles. The number of hydrogen-bond acceptors (Lipinski definition) is 1. The lowest BCUT2D eigenvalue weighted by atomic mass is 10.0. The minimum Gasteiger partial charge on any atom is -0.383 e. The van der Waals surface area contributed by atoms with Crippen LogP contribution in [-0.4, -0.2) is 11.7 Å². The summed E-state index contributed by atoms with van der Waals surface area (Å²) in [5, 5.41) is 8.06. The Labute approximate surface area is 135 Å². The van der Waals surface area contributed by atoms with E-state index in [-0.39, 0.29) is 5.84 Å². The van der Waals surface area contributed by atoms with Crippen LogP contribution >= 0.6 is 0 Å². The quantitative estimate of drug-likeness (QED) is 0.555. The number of aliphatic imine (C=N–C) groups is 1.